The second-order valence-electron chi connectivity index (χ2n) is 13.2. The molecule has 0 unspecified atom stereocenters. The Labute approximate surface area is 310 Å². The second kappa shape index (κ2) is 24.1. The molecule has 294 valence electrons. The van der Waals surface area contributed by atoms with Gasteiger partial charge in [-0.1, -0.05) is 68.4 Å². The highest BCUT2D eigenvalue weighted by molar-refractivity contribution is 7.95. The molecule has 0 aromatic heterocycles. The Morgan fingerprint density at radius 2 is 0.962 bits per heavy atom. The highest BCUT2D eigenvalue weighted by Gasteiger charge is 2.45. The van der Waals surface area contributed by atoms with Crippen LogP contribution in [0.4, 0.5) is 35.6 Å². The number of ether oxygens (including phenoxy) is 2. The van der Waals surface area contributed by atoms with Crippen LogP contribution in [0.25, 0.3) is 0 Å². The van der Waals surface area contributed by atoms with E-state index < -0.39 is 37.9 Å². The number of amides is 2. The summed E-state index contributed by atoms with van der Waals surface area (Å²) in [6.45, 7) is 14.5. The quantitative estimate of drug-likeness (QED) is 0.122. The van der Waals surface area contributed by atoms with Crippen LogP contribution in [0.15, 0.2) is 103 Å². The van der Waals surface area contributed by atoms with Crippen LogP contribution < -0.4 is 26.5 Å². The molecule has 0 saturated heterocycles. The minimum atomic E-state index is -6.00. The van der Waals surface area contributed by atoms with Crippen molar-refractivity contribution >= 4 is 48.4 Å². The molecule has 3 aromatic carbocycles. The molecule has 2 N–H and O–H groups in total. The number of Topliss-reactive ketones (excluding diaryl/α,β-unsaturated/α-hetero) is 1. The Balaban J connectivity index is 0.000000746. The summed E-state index contributed by atoms with van der Waals surface area (Å²) in [6, 6.07) is 30.2. The number of nitrogens with one attached hydrogen (secondary N) is 2. The number of carbonyl (C=O) groups excluding carboxylic acids is 3. The molecule has 3 rings (SSSR count). The predicted octanol–water partition coefficient (Wildman–Crippen LogP) is 9.47. The lowest BCUT2D eigenvalue weighted by molar-refractivity contribution is -0.118. The highest BCUT2D eigenvalue weighted by atomic mass is 31.2. The van der Waals surface area contributed by atoms with E-state index >= 15 is 0 Å². The molecule has 0 atom stereocenters. The van der Waals surface area contributed by atoms with Gasteiger partial charge >= 0.3 is 19.4 Å². The van der Waals surface area contributed by atoms with Crippen LogP contribution >= 0.6 is 7.26 Å². The predicted molar refractivity (Wildman–Crippen MR) is 205 cm³/mol. The summed E-state index contributed by atoms with van der Waals surface area (Å²) in [5.74, 6) is -0.00846. The molecular formula is C38H52BF6N2O5P. The molecule has 0 spiro atoms. The van der Waals surface area contributed by atoms with Crippen LogP contribution in [0.5, 0.6) is 0 Å². The Morgan fingerprint density at radius 1 is 0.642 bits per heavy atom. The van der Waals surface area contributed by atoms with E-state index in [0.29, 0.717) is 24.7 Å². The number of ketones is 1. The van der Waals surface area contributed by atoms with E-state index in [-0.39, 0.29) is 25.3 Å². The number of hydrogen-bond donors (Lipinski definition) is 2. The third-order valence-electron chi connectivity index (χ3n) is 6.46. The molecule has 0 aliphatic carbocycles. The van der Waals surface area contributed by atoms with Gasteiger partial charge in [0, 0.05) is 13.0 Å². The van der Waals surface area contributed by atoms with E-state index in [9.17, 15) is 40.4 Å². The van der Waals surface area contributed by atoms with Crippen LogP contribution in [-0.4, -0.2) is 55.9 Å². The van der Waals surface area contributed by atoms with E-state index in [1.165, 1.54) is 0 Å². The van der Waals surface area contributed by atoms with Crippen molar-refractivity contribution in [2.24, 2.45) is 0 Å². The third-order valence-corrected chi connectivity index (χ3v) is 10.4. The summed E-state index contributed by atoms with van der Waals surface area (Å²) in [7, 11) is -8.20. The minimum Gasteiger partial charge on any atom is -0.444 e. The zero-order valence-corrected chi connectivity index (χ0v) is 32.5. The molecule has 7 nitrogen and oxygen atoms in total. The van der Waals surface area contributed by atoms with E-state index in [1.54, 1.807) is 48.5 Å². The van der Waals surface area contributed by atoms with Crippen LogP contribution in [0, 0.1) is 0 Å². The average molecular weight is 773 g/mol. The van der Waals surface area contributed by atoms with Crippen molar-refractivity contribution in [2.45, 2.75) is 79.4 Å². The first-order chi connectivity index (χ1) is 24.6. The summed E-state index contributed by atoms with van der Waals surface area (Å²) in [6.07, 6.45) is 0.0874. The van der Waals surface area contributed by atoms with E-state index in [1.807, 2.05) is 97.9 Å². The first-order valence-corrected chi connectivity index (χ1v) is 18.8. The number of hydrogen-bond acceptors (Lipinski definition) is 5. The summed E-state index contributed by atoms with van der Waals surface area (Å²) >= 11 is 0. The summed E-state index contributed by atoms with van der Waals surface area (Å²) in [5.41, 5.74) is -0.495. The fraction of sp³-hybridized carbons (Fsp3) is 0.395. The van der Waals surface area contributed by atoms with Gasteiger partial charge in [-0.15, -0.1) is 0 Å². The zero-order chi connectivity index (χ0) is 40.7. The monoisotopic (exact) mass is 772 g/mol. The van der Waals surface area contributed by atoms with Crippen molar-refractivity contribution in [3.8, 4) is 0 Å². The Morgan fingerprint density at radius 3 is 1.21 bits per heavy atom. The van der Waals surface area contributed by atoms with Crippen LogP contribution in [-0.2, 0) is 14.3 Å². The number of benzene rings is 3. The summed E-state index contributed by atoms with van der Waals surface area (Å²) < 4.78 is 75.4. The number of alkyl carbamates (subject to hydrolysis) is 2. The van der Waals surface area contributed by atoms with Gasteiger partial charge in [0.2, 0.25) is 6.42 Å². The zero-order valence-electron chi connectivity index (χ0n) is 31.6. The van der Waals surface area contributed by atoms with Gasteiger partial charge in [-0.3, -0.25) is 4.79 Å². The lowest BCUT2D eigenvalue weighted by atomic mass is 10.2. The maximum atomic E-state index is 14.4. The molecule has 3 aromatic rings. The lowest BCUT2D eigenvalue weighted by Gasteiger charge is -2.24. The smallest absolute Gasteiger partial charge is 0.444 e. The topological polar surface area (TPSA) is 93.7 Å². The van der Waals surface area contributed by atoms with E-state index in [0.717, 1.165) is 15.9 Å². The molecule has 53 heavy (non-hydrogen) atoms. The molecule has 0 aliphatic rings. The molecule has 15 heteroatoms. The fourth-order valence-electron chi connectivity index (χ4n) is 4.05. The van der Waals surface area contributed by atoms with Crippen molar-refractivity contribution < 1.29 is 49.9 Å². The van der Waals surface area contributed by atoms with Gasteiger partial charge in [-0.25, -0.2) is 18.4 Å². The van der Waals surface area contributed by atoms with Gasteiger partial charge in [0.1, 0.15) is 34.4 Å². The summed E-state index contributed by atoms with van der Waals surface area (Å²) in [5, 5.41) is 8.11. The fourth-order valence-corrected chi connectivity index (χ4v) is 7.40. The van der Waals surface area contributed by atoms with Crippen LogP contribution in [0.2, 0.25) is 0 Å². The molecule has 0 bridgehead atoms. The number of alkyl halides is 1. The second-order valence-corrected chi connectivity index (χ2v) is 16.6. The van der Waals surface area contributed by atoms with Crippen molar-refractivity contribution in [1.29, 1.82) is 0 Å². The Bertz CT molecular complexity index is 1420. The van der Waals surface area contributed by atoms with Crippen LogP contribution in [0.3, 0.4) is 0 Å². The summed E-state index contributed by atoms with van der Waals surface area (Å²) in [4.78, 5) is 32.9. The molecular weight excluding hydrogens is 720 g/mol. The van der Waals surface area contributed by atoms with Gasteiger partial charge in [-0.05, 0) is 89.9 Å². The molecule has 0 heterocycles. The Hall–Kier alpha value is -4.32. The number of carbonyl (C=O) groups is 3. The molecule has 0 saturated carbocycles. The van der Waals surface area contributed by atoms with Gasteiger partial charge in [0.15, 0.2) is 5.78 Å². The lowest BCUT2D eigenvalue weighted by Crippen LogP contribution is -2.35. The van der Waals surface area contributed by atoms with Crippen molar-refractivity contribution in [1.82, 2.24) is 10.6 Å². The van der Waals surface area contributed by atoms with Gasteiger partial charge < -0.3 is 37.4 Å². The highest BCUT2D eigenvalue weighted by Crippen LogP contribution is 2.55. The molecule has 2 amide bonds. The average Bonchev–Trinajstić information content (AvgIpc) is 3.08. The largest absolute Gasteiger partial charge is 0.673 e. The van der Waals surface area contributed by atoms with E-state index in [4.69, 9.17) is 9.47 Å². The van der Waals surface area contributed by atoms with Crippen molar-refractivity contribution in [3.05, 3.63) is 103 Å². The first-order valence-electron chi connectivity index (χ1n) is 16.8. The number of halogens is 6. The van der Waals surface area contributed by atoms with Gasteiger partial charge in [-0.2, -0.15) is 0 Å². The normalized spacial score (nSPS) is 11.5. The SMILES string of the molecule is CCC(=CF)CNC(=O)OC(C)(C)C.CCC(=O)CNC(=O)OC(C)(C)C.FC[P+](c1ccccc1)(c1ccccc1)c1ccccc1.F[B-](F)(F)F. The van der Waals surface area contributed by atoms with Crippen molar-refractivity contribution in [3.63, 3.8) is 0 Å². The molecule has 0 radical (unpaired) electrons. The van der Waals surface area contributed by atoms with Crippen molar-refractivity contribution in [2.75, 3.05) is 19.5 Å². The van der Waals surface area contributed by atoms with E-state index in [2.05, 4.69) is 10.6 Å². The first kappa shape index (κ1) is 48.7. The van der Waals surface area contributed by atoms with Gasteiger partial charge in [0.05, 0.1) is 12.9 Å². The maximum absolute atomic E-state index is 14.4. The molecule has 0 aliphatic heterocycles. The maximum Gasteiger partial charge on any atom is 0.673 e. The standard InChI is InChI=1S/C19H17FP.C10H18FNO2.C9H17NO3.BF4/c20-16-21(17-10-4-1-5-11-17,18-12-6-2-7-13-18)19-14-8-3-9-15-19;1-5-8(6-11)7-12-9(13)14-10(2,3)4;1-5-7(11)6-10-8(12)13-9(2,3)4;2-1(3,4)5/h1-15H,16H2;6H,5,7H2,1-4H3,(H,12,13);5-6H2,1-4H3,(H,10,12);/q+1;;;-1. The van der Waals surface area contributed by atoms with Gasteiger partial charge in [0.25, 0.3) is 0 Å². The minimum absolute atomic E-state index is 0.00846. The third kappa shape index (κ3) is 22.4. The number of rotatable bonds is 10. The Kier molecular flexibility index (Phi) is 22.1. The van der Waals surface area contributed by atoms with Crippen LogP contribution in [0.1, 0.15) is 68.2 Å². The molecule has 0 fully saturated rings.